The topological polar surface area (TPSA) is 80.1 Å². The van der Waals surface area contributed by atoms with E-state index in [1.165, 1.54) is 11.3 Å². The van der Waals surface area contributed by atoms with Gasteiger partial charge in [0.15, 0.2) is 10.9 Å². The lowest BCUT2D eigenvalue weighted by atomic mass is 9.79. The van der Waals surface area contributed by atoms with Crippen LogP contribution in [-0.2, 0) is 11.8 Å². The molecule has 0 saturated heterocycles. The van der Waals surface area contributed by atoms with E-state index in [2.05, 4.69) is 10.3 Å². The molecule has 1 amide bonds. The van der Waals surface area contributed by atoms with Crippen LogP contribution in [0, 0.1) is 11.8 Å². The van der Waals surface area contributed by atoms with Crippen molar-refractivity contribution in [3.63, 3.8) is 0 Å². The Morgan fingerprint density at radius 3 is 2.60 bits per heavy atom. The largest absolute Gasteiger partial charge is 0.349 e. The lowest BCUT2D eigenvalue weighted by Gasteiger charge is -2.29. The van der Waals surface area contributed by atoms with Crippen LogP contribution in [0.25, 0.3) is 21.3 Å². The normalized spacial score (nSPS) is 18.2. The molecule has 0 bridgehead atoms. The van der Waals surface area contributed by atoms with Crippen LogP contribution in [-0.4, -0.2) is 45.2 Å². The third-order valence-corrected chi connectivity index (χ3v) is 8.05. The van der Waals surface area contributed by atoms with Gasteiger partial charge in [-0.1, -0.05) is 22.9 Å². The molecule has 1 aliphatic carbocycles. The van der Waals surface area contributed by atoms with Crippen molar-refractivity contribution in [2.24, 2.45) is 18.9 Å². The Morgan fingerprint density at radius 2 is 1.86 bits per heavy atom. The molecular formula is C26H28ClN5O2S. The summed E-state index contributed by atoms with van der Waals surface area (Å²) in [5.41, 5.74) is 3.28. The Bertz CT molecular complexity index is 1420. The highest BCUT2D eigenvalue weighted by molar-refractivity contribution is 7.22. The van der Waals surface area contributed by atoms with Crippen LogP contribution >= 0.6 is 22.9 Å². The standard InChI is InChI=1S/C26H28ClN5O2S/c1-31(2)24(34)16-6-4-15(5-7-16)12-22(33)17-8-11-21-20(13-17)28-25(32(21)3)30-26-29-19-10-9-18(27)14-23(19)35-26/h8-11,13-16H,4-7,12H2,1-3H3,(H,28,29,30). The van der Waals surface area contributed by atoms with Crippen LogP contribution in [0.3, 0.4) is 0 Å². The highest BCUT2D eigenvalue weighted by Gasteiger charge is 2.28. The molecule has 1 fully saturated rings. The van der Waals surface area contributed by atoms with Gasteiger partial charge in [0, 0.05) is 44.1 Å². The molecule has 0 aliphatic heterocycles. The summed E-state index contributed by atoms with van der Waals surface area (Å²) in [5.74, 6) is 1.43. The zero-order chi connectivity index (χ0) is 24.7. The highest BCUT2D eigenvalue weighted by atomic mass is 35.5. The van der Waals surface area contributed by atoms with Crippen molar-refractivity contribution in [2.75, 3.05) is 19.4 Å². The maximum Gasteiger partial charge on any atom is 0.225 e. The Labute approximate surface area is 213 Å². The number of Topliss-reactive ketones (excluding diaryl/α,β-unsaturated/α-hetero) is 1. The van der Waals surface area contributed by atoms with Crippen LogP contribution < -0.4 is 5.32 Å². The van der Waals surface area contributed by atoms with E-state index in [4.69, 9.17) is 16.6 Å². The minimum atomic E-state index is 0.0968. The number of amides is 1. The number of rotatable bonds is 6. The summed E-state index contributed by atoms with van der Waals surface area (Å²) in [6.45, 7) is 0. The van der Waals surface area contributed by atoms with Crippen molar-refractivity contribution in [3.8, 4) is 0 Å². The van der Waals surface area contributed by atoms with Gasteiger partial charge in [-0.05, 0) is 68.0 Å². The zero-order valence-electron chi connectivity index (χ0n) is 20.0. The molecule has 7 nitrogen and oxygen atoms in total. The van der Waals surface area contributed by atoms with E-state index in [0.717, 1.165) is 52.1 Å². The third-order valence-electron chi connectivity index (χ3n) is 6.88. The zero-order valence-corrected chi connectivity index (χ0v) is 21.6. The number of carbonyl (C=O) groups excluding carboxylic acids is 2. The molecule has 2 heterocycles. The van der Waals surface area contributed by atoms with Gasteiger partial charge in [-0.25, -0.2) is 9.97 Å². The summed E-state index contributed by atoms with van der Waals surface area (Å²) in [4.78, 5) is 36.3. The number of aryl methyl sites for hydroxylation is 1. The number of anilines is 2. The smallest absolute Gasteiger partial charge is 0.225 e. The Kier molecular flexibility index (Phi) is 6.51. The van der Waals surface area contributed by atoms with Crippen LogP contribution in [0.15, 0.2) is 36.4 Å². The lowest BCUT2D eigenvalue weighted by Crippen LogP contribution is -2.32. The second kappa shape index (κ2) is 9.59. The summed E-state index contributed by atoms with van der Waals surface area (Å²) >= 11 is 7.62. The van der Waals surface area contributed by atoms with E-state index in [0.29, 0.717) is 28.9 Å². The number of nitrogens with one attached hydrogen (secondary N) is 1. The first-order valence-corrected chi connectivity index (χ1v) is 13.0. The molecule has 182 valence electrons. The molecular weight excluding hydrogens is 482 g/mol. The second-order valence-corrected chi connectivity index (χ2v) is 11.0. The summed E-state index contributed by atoms with van der Waals surface area (Å²) in [6, 6.07) is 11.3. The molecule has 2 aromatic carbocycles. The van der Waals surface area contributed by atoms with Crippen LogP contribution in [0.5, 0.6) is 0 Å². The number of carbonyl (C=O) groups is 2. The number of aromatic nitrogens is 3. The lowest BCUT2D eigenvalue weighted by molar-refractivity contribution is -0.134. The number of hydrogen-bond donors (Lipinski definition) is 1. The Balaban J connectivity index is 1.28. The van der Waals surface area contributed by atoms with Gasteiger partial charge < -0.3 is 14.8 Å². The van der Waals surface area contributed by atoms with Gasteiger partial charge >= 0.3 is 0 Å². The number of ketones is 1. The second-order valence-electron chi connectivity index (χ2n) is 9.53. The van der Waals surface area contributed by atoms with E-state index in [-0.39, 0.29) is 17.6 Å². The monoisotopic (exact) mass is 509 g/mol. The van der Waals surface area contributed by atoms with Gasteiger partial charge in [0.2, 0.25) is 11.9 Å². The molecule has 2 aromatic heterocycles. The van der Waals surface area contributed by atoms with E-state index < -0.39 is 0 Å². The molecule has 5 rings (SSSR count). The molecule has 0 unspecified atom stereocenters. The number of thiazole rings is 1. The third kappa shape index (κ3) is 4.90. The minimum Gasteiger partial charge on any atom is -0.349 e. The fraction of sp³-hybridized carbons (Fsp3) is 0.385. The van der Waals surface area contributed by atoms with Crippen molar-refractivity contribution in [3.05, 3.63) is 47.0 Å². The van der Waals surface area contributed by atoms with Crippen LogP contribution in [0.4, 0.5) is 11.1 Å². The summed E-state index contributed by atoms with van der Waals surface area (Å²) < 4.78 is 2.97. The first kappa shape index (κ1) is 23.8. The predicted molar refractivity (Wildman–Crippen MR) is 142 cm³/mol. The first-order chi connectivity index (χ1) is 16.8. The number of fused-ring (bicyclic) bond motifs is 2. The molecule has 4 aromatic rings. The molecule has 0 atom stereocenters. The Hall–Kier alpha value is -2.97. The predicted octanol–water partition coefficient (Wildman–Crippen LogP) is 6.05. The average molecular weight is 510 g/mol. The maximum absolute atomic E-state index is 13.0. The van der Waals surface area contributed by atoms with Gasteiger partial charge in [0.25, 0.3) is 0 Å². The fourth-order valence-corrected chi connectivity index (χ4v) is 6.03. The number of halogens is 1. The fourth-order valence-electron chi connectivity index (χ4n) is 4.89. The molecule has 1 saturated carbocycles. The summed E-state index contributed by atoms with van der Waals surface area (Å²) in [5, 5.41) is 4.73. The number of nitrogens with zero attached hydrogens (tertiary/aromatic N) is 4. The van der Waals surface area contributed by atoms with Crippen LogP contribution in [0.1, 0.15) is 42.5 Å². The summed E-state index contributed by atoms with van der Waals surface area (Å²) in [7, 11) is 5.56. The van der Waals surface area contributed by atoms with E-state index >= 15 is 0 Å². The van der Waals surface area contributed by atoms with Gasteiger partial charge in [0.05, 0.1) is 21.3 Å². The van der Waals surface area contributed by atoms with E-state index in [1.807, 2.05) is 62.1 Å². The van der Waals surface area contributed by atoms with E-state index in [1.54, 1.807) is 4.90 Å². The van der Waals surface area contributed by atoms with Gasteiger partial charge in [-0.3, -0.25) is 9.59 Å². The van der Waals surface area contributed by atoms with Crippen molar-refractivity contribution >= 4 is 67.0 Å². The number of imidazole rings is 1. The highest BCUT2D eigenvalue weighted by Crippen LogP contribution is 2.34. The molecule has 0 spiro atoms. The quantitative estimate of drug-likeness (QED) is 0.320. The average Bonchev–Trinajstić information content (AvgIpc) is 3.38. The first-order valence-electron chi connectivity index (χ1n) is 11.8. The van der Waals surface area contributed by atoms with Crippen molar-refractivity contribution < 1.29 is 9.59 Å². The molecule has 0 radical (unpaired) electrons. The SMILES string of the molecule is CN(C)C(=O)C1CCC(CC(=O)c2ccc3c(c2)nc(Nc2nc4ccc(Cl)cc4s2)n3C)CC1. The van der Waals surface area contributed by atoms with Crippen molar-refractivity contribution in [1.29, 1.82) is 0 Å². The molecule has 35 heavy (non-hydrogen) atoms. The van der Waals surface area contributed by atoms with Crippen molar-refractivity contribution in [1.82, 2.24) is 19.4 Å². The molecule has 1 aliphatic rings. The Morgan fingerprint density at radius 1 is 1.09 bits per heavy atom. The van der Waals surface area contributed by atoms with Gasteiger partial charge in [0.1, 0.15) is 0 Å². The maximum atomic E-state index is 13.0. The van der Waals surface area contributed by atoms with E-state index in [9.17, 15) is 9.59 Å². The number of hydrogen-bond acceptors (Lipinski definition) is 6. The van der Waals surface area contributed by atoms with Crippen LogP contribution in [0.2, 0.25) is 5.02 Å². The van der Waals surface area contributed by atoms with Gasteiger partial charge in [-0.2, -0.15) is 0 Å². The van der Waals surface area contributed by atoms with Gasteiger partial charge in [-0.15, -0.1) is 0 Å². The van der Waals surface area contributed by atoms with Crippen molar-refractivity contribution in [2.45, 2.75) is 32.1 Å². The minimum absolute atomic E-state index is 0.0968. The molecule has 9 heteroatoms. The summed E-state index contributed by atoms with van der Waals surface area (Å²) in [6.07, 6.45) is 4.08. The number of benzene rings is 2. The molecule has 1 N–H and O–H groups in total.